The fourth-order valence-electron chi connectivity index (χ4n) is 2.18. The molecule has 6 heteroatoms. The molecule has 0 atom stereocenters. The van der Waals surface area contributed by atoms with Crippen molar-refractivity contribution in [1.82, 2.24) is 5.32 Å². The number of carbonyl (C=O) groups excluding carboxylic acids is 1. The maximum Gasteiger partial charge on any atom is 0.231 e. The minimum atomic E-state index is -0.235. The number of hydrogen-bond donors (Lipinski definition) is 3. The van der Waals surface area contributed by atoms with Gasteiger partial charge in [-0.3, -0.25) is 4.79 Å². The highest BCUT2D eigenvalue weighted by Crippen LogP contribution is 2.32. The molecular formula is C16H15NO5. The van der Waals surface area contributed by atoms with Gasteiger partial charge in [0.15, 0.2) is 23.0 Å². The number of phenols is 2. The smallest absolute Gasteiger partial charge is 0.231 e. The zero-order chi connectivity index (χ0) is 15.5. The van der Waals surface area contributed by atoms with E-state index in [1.54, 1.807) is 6.07 Å². The van der Waals surface area contributed by atoms with Crippen LogP contribution in [0.5, 0.6) is 23.0 Å². The normalized spacial score (nSPS) is 12.2. The molecule has 2 aromatic rings. The number of hydrogen-bond acceptors (Lipinski definition) is 5. The number of amides is 1. The fourth-order valence-corrected chi connectivity index (χ4v) is 2.18. The Labute approximate surface area is 126 Å². The van der Waals surface area contributed by atoms with Crippen molar-refractivity contribution in [2.24, 2.45) is 0 Å². The number of ether oxygens (including phenoxy) is 2. The van der Waals surface area contributed by atoms with Crippen LogP contribution >= 0.6 is 0 Å². The number of carbonyl (C=O) groups is 1. The van der Waals surface area contributed by atoms with Gasteiger partial charge in [0.05, 0.1) is 6.42 Å². The van der Waals surface area contributed by atoms with Gasteiger partial charge in [-0.25, -0.2) is 0 Å². The molecule has 0 spiro atoms. The first-order valence-electron chi connectivity index (χ1n) is 6.78. The lowest BCUT2D eigenvalue weighted by Crippen LogP contribution is -2.24. The molecule has 3 rings (SSSR count). The molecule has 1 amide bonds. The Bertz CT molecular complexity index is 714. The lowest BCUT2D eigenvalue weighted by Gasteiger charge is -2.07. The second-order valence-corrected chi connectivity index (χ2v) is 4.96. The van der Waals surface area contributed by atoms with E-state index in [0.29, 0.717) is 23.6 Å². The van der Waals surface area contributed by atoms with E-state index in [0.717, 1.165) is 5.56 Å². The number of nitrogens with one attached hydrogen (secondary N) is 1. The van der Waals surface area contributed by atoms with Crippen LogP contribution in [0.2, 0.25) is 0 Å². The summed E-state index contributed by atoms with van der Waals surface area (Å²) in [7, 11) is 0. The van der Waals surface area contributed by atoms with Crippen LogP contribution in [0.15, 0.2) is 36.4 Å². The Morgan fingerprint density at radius 1 is 1.00 bits per heavy atom. The van der Waals surface area contributed by atoms with Crippen LogP contribution in [0.1, 0.15) is 11.1 Å². The summed E-state index contributed by atoms with van der Waals surface area (Å²) in [5.74, 6) is 0.762. The Hall–Kier alpha value is -2.89. The third kappa shape index (κ3) is 3.06. The maximum absolute atomic E-state index is 11.9. The van der Waals surface area contributed by atoms with Gasteiger partial charge in [0.1, 0.15) is 0 Å². The average molecular weight is 301 g/mol. The van der Waals surface area contributed by atoms with Crippen molar-refractivity contribution >= 4 is 5.91 Å². The van der Waals surface area contributed by atoms with Crippen LogP contribution in [0, 0.1) is 0 Å². The van der Waals surface area contributed by atoms with Crippen LogP contribution in [0.25, 0.3) is 0 Å². The molecule has 0 fully saturated rings. The molecule has 0 aromatic heterocycles. The highest BCUT2D eigenvalue weighted by atomic mass is 16.7. The first kappa shape index (κ1) is 14.1. The average Bonchev–Trinajstić information content (AvgIpc) is 2.96. The van der Waals surface area contributed by atoms with Crippen LogP contribution in [-0.4, -0.2) is 22.9 Å². The van der Waals surface area contributed by atoms with E-state index in [2.05, 4.69) is 5.32 Å². The molecule has 22 heavy (non-hydrogen) atoms. The predicted molar refractivity (Wildman–Crippen MR) is 77.9 cm³/mol. The topological polar surface area (TPSA) is 88.0 Å². The molecule has 0 bridgehead atoms. The van der Waals surface area contributed by atoms with E-state index in [1.807, 2.05) is 18.2 Å². The van der Waals surface area contributed by atoms with E-state index >= 15 is 0 Å². The summed E-state index contributed by atoms with van der Waals surface area (Å²) >= 11 is 0. The SMILES string of the molecule is O=C(Cc1ccc(O)c(O)c1)NCc1ccc2c(c1)OCO2. The van der Waals surface area contributed by atoms with Crippen LogP contribution < -0.4 is 14.8 Å². The van der Waals surface area contributed by atoms with Gasteiger partial charge >= 0.3 is 0 Å². The van der Waals surface area contributed by atoms with E-state index < -0.39 is 0 Å². The van der Waals surface area contributed by atoms with Gasteiger partial charge < -0.3 is 25.0 Å². The molecular weight excluding hydrogens is 286 g/mol. The van der Waals surface area contributed by atoms with Crippen molar-refractivity contribution in [3.8, 4) is 23.0 Å². The van der Waals surface area contributed by atoms with Gasteiger partial charge in [-0.15, -0.1) is 0 Å². The molecule has 114 valence electrons. The zero-order valence-electron chi connectivity index (χ0n) is 11.7. The highest BCUT2D eigenvalue weighted by molar-refractivity contribution is 5.78. The molecule has 1 heterocycles. The van der Waals surface area contributed by atoms with Gasteiger partial charge in [-0.05, 0) is 35.4 Å². The summed E-state index contributed by atoms with van der Waals surface area (Å²) < 4.78 is 10.5. The molecule has 0 unspecified atom stereocenters. The number of rotatable bonds is 4. The number of fused-ring (bicyclic) bond motifs is 1. The Balaban J connectivity index is 1.57. The summed E-state index contributed by atoms with van der Waals surface area (Å²) in [6.45, 7) is 0.592. The Kier molecular flexibility index (Phi) is 3.74. The van der Waals surface area contributed by atoms with Gasteiger partial charge in [0.2, 0.25) is 12.7 Å². The maximum atomic E-state index is 11.9. The summed E-state index contributed by atoms with van der Waals surface area (Å²) in [5.41, 5.74) is 1.53. The Morgan fingerprint density at radius 2 is 1.77 bits per heavy atom. The molecule has 2 aromatic carbocycles. The molecule has 0 saturated carbocycles. The first-order chi connectivity index (χ1) is 10.6. The van der Waals surface area contributed by atoms with Crippen LogP contribution in [0.4, 0.5) is 0 Å². The molecule has 0 saturated heterocycles. The van der Waals surface area contributed by atoms with Crippen molar-refractivity contribution in [2.45, 2.75) is 13.0 Å². The van der Waals surface area contributed by atoms with Gasteiger partial charge in [-0.1, -0.05) is 12.1 Å². The lowest BCUT2D eigenvalue weighted by molar-refractivity contribution is -0.120. The number of aromatic hydroxyl groups is 2. The molecule has 0 aliphatic carbocycles. The monoisotopic (exact) mass is 301 g/mol. The van der Waals surface area contributed by atoms with Crippen LogP contribution in [0.3, 0.4) is 0 Å². The van der Waals surface area contributed by atoms with Gasteiger partial charge in [0.25, 0.3) is 0 Å². The standard InChI is InChI=1S/C16H15NO5/c18-12-3-1-10(5-13(12)19)7-16(20)17-8-11-2-4-14-15(6-11)22-9-21-14/h1-6,18-19H,7-9H2,(H,17,20). The molecule has 1 aliphatic heterocycles. The van der Waals surface area contributed by atoms with Crippen molar-refractivity contribution in [2.75, 3.05) is 6.79 Å². The van der Waals surface area contributed by atoms with E-state index in [9.17, 15) is 15.0 Å². The number of phenolic OH excluding ortho intramolecular Hbond substituents is 2. The van der Waals surface area contributed by atoms with Crippen molar-refractivity contribution in [3.05, 3.63) is 47.5 Å². The summed E-state index contributed by atoms with van der Waals surface area (Å²) in [5, 5.41) is 21.4. The van der Waals surface area contributed by atoms with E-state index in [-0.39, 0.29) is 30.6 Å². The van der Waals surface area contributed by atoms with Crippen LogP contribution in [-0.2, 0) is 17.8 Å². The second-order valence-electron chi connectivity index (χ2n) is 4.96. The predicted octanol–water partition coefficient (Wildman–Crippen LogP) is 1.69. The van der Waals surface area contributed by atoms with Crippen molar-refractivity contribution < 1.29 is 24.5 Å². The zero-order valence-corrected chi connectivity index (χ0v) is 11.7. The summed E-state index contributed by atoms with van der Waals surface area (Å²) in [6.07, 6.45) is 0.123. The molecule has 3 N–H and O–H groups in total. The lowest BCUT2D eigenvalue weighted by atomic mass is 10.1. The van der Waals surface area contributed by atoms with Crippen molar-refractivity contribution in [1.29, 1.82) is 0 Å². The second kappa shape index (κ2) is 5.85. The van der Waals surface area contributed by atoms with Gasteiger partial charge in [-0.2, -0.15) is 0 Å². The quantitative estimate of drug-likeness (QED) is 0.748. The summed E-state index contributed by atoms with van der Waals surface area (Å²) in [6, 6.07) is 9.82. The minimum Gasteiger partial charge on any atom is -0.504 e. The van der Waals surface area contributed by atoms with Crippen molar-refractivity contribution in [3.63, 3.8) is 0 Å². The summed E-state index contributed by atoms with van der Waals surface area (Å²) in [4.78, 5) is 11.9. The molecule has 1 aliphatic rings. The highest BCUT2D eigenvalue weighted by Gasteiger charge is 2.13. The third-order valence-electron chi connectivity index (χ3n) is 3.33. The third-order valence-corrected chi connectivity index (χ3v) is 3.33. The number of benzene rings is 2. The minimum absolute atomic E-state index is 0.123. The largest absolute Gasteiger partial charge is 0.504 e. The Morgan fingerprint density at radius 3 is 2.59 bits per heavy atom. The van der Waals surface area contributed by atoms with E-state index in [1.165, 1.54) is 12.1 Å². The first-order valence-corrected chi connectivity index (χ1v) is 6.78. The van der Waals surface area contributed by atoms with Gasteiger partial charge in [0, 0.05) is 6.54 Å². The molecule has 0 radical (unpaired) electrons. The van der Waals surface area contributed by atoms with E-state index in [4.69, 9.17) is 9.47 Å². The fraction of sp³-hybridized carbons (Fsp3) is 0.188. The molecule has 6 nitrogen and oxygen atoms in total.